The van der Waals surface area contributed by atoms with Crippen molar-refractivity contribution in [3.63, 3.8) is 0 Å². The van der Waals surface area contributed by atoms with E-state index < -0.39 is 5.97 Å². The minimum absolute atomic E-state index is 0.107. The van der Waals surface area contributed by atoms with Crippen LogP contribution in [0.4, 0.5) is 0 Å². The van der Waals surface area contributed by atoms with Gasteiger partial charge in [0.05, 0.1) is 19.1 Å². The lowest BCUT2D eigenvalue weighted by molar-refractivity contribution is -0.138. The zero-order chi connectivity index (χ0) is 11.0. The van der Waals surface area contributed by atoms with E-state index in [4.69, 9.17) is 5.26 Å². The third-order valence-corrected chi connectivity index (χ3v) is 1.12. The molecule has 0 saturated carbocycles. The molecule has 0 aliphatic rings. The molecule has 0 aromatic rings. The molecular weight excluding hydrogens is 182 g/mol. The maximum absolute atomic E-state index is 11.0. The fraction of sp³-hybridized carbons (Fsp3) is 0.444. The molecule has 0 spiro atoms. The van der Waals surface area contributed by atoms with Gasteiger partial charge in [0.25, 0.3) is 0 Å². The summed E-state index contributed by atoms with van der Waals surface area (Å²) in [6, 6.07) is 1.71. The first-order valence-electron chi connectivity index (χ1n) is 4.09. The van der Waals surface area contributed by atoms with Crippen LogP contribution in [0.2, 0.25) is 0 Å². The molecule has 0 fully saturated rings. The fourth-order valence-corrected chi connectivity index (χ4v) is 0.577. The van der Waals surface area contributed by atoms with Crippen molar-refractivity contribution >= 4 is 12.3 Å². The summed E-state index contributed by atoms with van der Waals surface area (Å²) in [5.41, 5.74) is -0.107. The molecule has 0 amide bonds. The molecule has 0 atom stereocenters. The van der Waals surface area contributed by atoms with Crippen LogP contribution in [0.5, 0.6) is 0 Å². The number of esters is 1. The predicted molar refractivity (Wildman–Crippen MR) is 52.5 cm³/mol. The first-order chi connectivity index (χ1) is 6.61. The summed E-state index contributed by atoms with van der Waals surface area (Å²) < 4.78 is 4.64. The monoisotopic (exact) mass is 195 g/mol. The van der Waals surface area contributed by atoms with Crippen LogP contribution < -0.4 is 0 Å². The summed E-state index contributed by atoms with van der Waals surface area (Å²) in [5, 5.41) is 8.58. The van der Waals surface area contributed by atoms with Crippen LogP contribution in [0.1, 0.15) is 6.92 Å². The van der Waals surface area contributed by atoms with Gasteiger partial charge in [0, 0.05) is 14.1 Å². The lowest BCUT2D eigenvalue weighted by atomic mass is 10.3. The van der Waals surface area contributed by atoms with Gasteiger partial charge in [-0.15, -0.1) is 0 Å². The van der Waals surface area contributed by atoms with Crippen molar-refractivity contribution in [1.29, 1.82) is 5.26 Å². The average Bonchev–Trinajstić information content (AvgIpc) is 2.12. The van der Waals surface area contributed by atoms with Crippen molar-refractivity contribution in [2.45, 2.75) is 6.92 Å². The number of rotatable bonds is 4. The Labute approximate surface area is 83.3 Å². The molecule has 0 rings (SSSR count). The maximum atomic E-state index is 11.0. The van der Waals surface area contributed by atoms with E-state index in [1.807, 2.05) is 0 Å². The smallest absolute Gasteiger partial charge is 0.350 e. The number of carbonyl (C=O) groups excluding carboxylic acids is 1. The van der Waals surface area contributed by atoms with E-state index in [0.29, 0.717) is 0 Å². The molecule has 5 heteroatoms. The van der Waals surface area contributed by atoms with Crippen molar-refractivity contribution in [2.75, 3.05) is 20.7 Å². The predicted octanol–water partition coefficient (Wildman–Crippen LogP) is 0.547. The highest BCUT2D eigenvalue weighted by Crippen LogP contribution is 1.96. The highest BCUT2D eigenvalue weighted by Gasteiger charge is 2.08. The van der Waals surface area contributed by atoms with E-state index in [1.165, 1.54) is 12.5 Å². The van der Waals surface area contributed by atoms with Gasteiger partial charge >= 0.3 is 5.97 Å². The number of nitriles is 1. The summed E-state index contributed by atoms with van der Waals surface area (Å²) in [4.78, 5) is 16.5. The Balaban J connectivity index is 4.42. The third-order valence-electron chi connectivity index (χ3n) is 1.12. The minimum atomic E-state index is -0.647. The molecule has 14 heavy (non-hydrogen) atoms. The second-order valence-electron chi connectivity index (χ2n) is 2.60. The van der Waals surface area contributed by atoms with E-state index in [-0.39, 0.29) is 12.2 Å². The molecule has 0 unspecified atom stereocenters. The van der Waals surface area contributed by atoms with Crippen LogP contribution in [-0.4, -0.2) is 37.9 Å². The summed E-state index contributed by atoms with van der Waals surface area (Å²) >= 11 is 0. The molecule has 0 heterocycles. The van der Waals surface area contributed by atoms with Crippen molar-refractivity contribution in [2.24, 2.45) is 4.99 Å². The summed E-state index contributed by atoms with van der Waals surface area (Å²) in [5.74, 6) is -0.647. The minimum Gasteiger partial charge on any atom is -0.462 e. The number of carbonyl (C=O) groups is 1. The summed E-state index contributed by atoms with van der Waals surface area (Å²) in [6.07, 6.45) is 2.66. The van der Waals surface area contributed by atoms with Crippen molar-refractivity contribution in [3.05, 3.63) is 11.8 Å². The fourth-order valence-electron chi connectivity index (χ4n) is 0.577. The highest BCUT2D eigenvalue weighted by molar-refractivity contribution is 5.92. The zero-order valence-corrected chi connectivity index (χ0v) is 8.52. The van der Waals surface area contributed by atoms with Crippen LogP contribution in [-0.2, 0) is 9.53 Å². The molecule has 76 valence electrons. The van der Waals surface area contributed by atoms with Gasteiger partial charge in [-0.25, -0.2) is 9.79 Å². The largest absolute Gasteiger partial charge is 0.462 e. The SMILES string of the molecule is CCOC(=O)/C(C#N)=C\N=CN(C)C. The maximum Gasteiger partial charge on any atom is 0.350 e. The topological polar surface area (TPSA) is 65.7 Å². The number of aliphatic imine (C=N–C) groups is 1. The average molecular weight is 195 g/mol. The number of nitrogens with zero attached hydrogens (tertiary/aromatic N) is 3. The number of hydrogen-bond donors (Lipinski definition) is 0. The van der Waals surface area contributed by atoms with Crippen LogP contribution in [0.25, 0.3) is 0 Å². The molecule has 0 bridgehead atoms. The highest BCUT2D eigenvalue weighted by atomic mass is 16.5. The van der Waals surface area contributed by atoms with Gasteiger partial charge in [-0.05, 0) is 6.92 Å². The Morgan fingerprint density at radius 3 is 2.71 bits per heavy atom. The van der Waals surface area contributed by atoms with Gasteiger partial charge in [0.2, 0.25) is 0 Å². The van der Waals surface area contributed by atoms with Crippen LogP contribution in [0, 0.1) is 11.3 Å². The first kappa shape index (κ1) is 12.2. The second-order valence-corrected chi connectivity index (χ2v) is 2.60. The van der Waals surface area contributed by atoms with Crippen LogP contribution in [0.3, 0.4) is 0 Å². The molecule has 0 aromatic carbocycles. The summed E-state index contributed by atoms with van der Waals surface area (Å²) in [6.45, 7) is 1.92. The third kappa shape index (κ3) is 4.93. The van der Waals surface area contributed by atoms with E-state index >= 15 is 0 Å². The van der Waals surface area contributed by atoms with E-state index in [9.17, 15) is 4.79 Å². The molecule has 0 radical (unpaired) electrons. The molecule has 0 N–H and O–H groups in total. The number of ether oxygens (including phenoxy) is 1. The second kappa shape index (κ2) is 6.66. The van der Waals surface area contributed by atoms with Gasteiger partial charge in [-0.3, -0.25) is 0 Å². The quantitative estimate of drug-likeness (QED) is 0.216. The Morgan fingerprint density at radius 1 is 1.64 bits per heavy atom. The van der Waals surface area contributed by atoms with Crippen molar-refractivity contribution < 1.29 is 9.53 Å². The van der Waals surface area contributed by atoms with Crippen LogP contribution >= 0.6 is 0 Å². The molecule has 0 aliphatic heterocycles. The van der Waals surface area contributed by atoms with Gasteiger partial charge in [0.15, 0.2) is 5.57 Å². The zero-order valence-electron chi connectivity index (χ0n) is 8.52. The van der Waals surface area contributed by atoms with E-state index in [1.54, 1.807) is 32.0 Å². The van der Waals surface area contributed by atoms with Gasteiger partial charge in [0.1, 0.15) is 6.07 Å². The Kier molecular flexibility index (Phi) is 5.79. The summed E-state index contributed by atoms with van der Waals surface area (Å²) in [7, 11) is 3.57. The lowest BCUT2D eigenvalue weighted by Gasteiger charge is -2.00. The van der Waals surface area contributed by atoms with Gasteiger partial charge in [-0.1, -0.05) is 0 Å². The van der Waals surface area contributed by atoms with Crippen molar-refractivity contribution in [1.82, 2.24) is 4.90 Å². The number of hydrogen-bond acceptors (Lipinski definition) is 4. The molecule has 0 aromatic heterocycles. The normalized spacial score (nSPS) is 11.1. The molecule has 0 saturated heterocycles. The Bertz CT molecular complexity index is 287. The van der Waals surface area contributed by atoms with Crippen LogP contribution in [0.15, 0.2) is 16.8 Å². The molecule has 0 aliphatic carbocycles. The Hall–Kier alpha value is -1.83. The van der Waals surface area contributed by atoms with Gasteiger partial charge in [-0.2, -0.15) is 5.26 Å². The molecule has 5 nitrogen and oxygen atoms in total. The molecular formula is C9H13N3O2. The van der Waals surface area contributed by atoms with Crippen molar-refractivity contribution in [3.8, 4) is 6.07 Å². The first-order valence-corrected chi connectivity index (χ1v) is 4.09. The lowest BCUT2D eigenvalue weighted by Crippen LogP contribution is -2.08. The van der Waals surface area contributed by atoms with E-state index in [2.05, 4.69) is 9.73 Å². The Morgan fingerprint density at radius 2 is 2.29 bits per heavy atom. The van der Waals surface area contributed by atoms with Gasteiger partial charge < -0.3 is 9.64 Å². The van der Waals surface area contributed by atoms with E-state index in [0.717, 1.165) is 0 Å². The standard InChI is InChI=1S/C9H13N3O2/c1-4-14-9(13)8(5-10)6-11-7-12(2)3/h6-7H,4H2,1-3H3/b8-6-,11-7?.